The minimum absolute atomic E-state index is 0.0161. The third kappa shape index (κ3) is 3.73. The molecule has 1 rings (SSSR count). The van der Waals surface area contributed by atoms with Crippen LogP contribution >= 0.6 is 11.3 Å². The Morgan fingerprint density at radius 2 is 2.13 bits per heavy atom. The molecule has 1 aromatic heterocycles. The molecular weight excluding hydrogens is 212 g/mol. The number of anilines is 1. The summed E-state index contributed by atoms with van der Waals surface area (Å²) in [5, 5.41) is 21.1. The number of aliphatic hydroxyl groups is 1. The van der Waals surface area contributed by atoms with Gasteiger partial charge in [-0.15, -0.1) is 10.2 Å². The molecule has 0 saturated heterocycles. The van der Waals surface area contributed by atoms with Gasteiger partial charge in [-0.2, -0.15) is 0 Å². The largest absolute Gasteiger partial charge is 0.395 e. The van der Waals surface area contributed by atoms with Crippen LogP contribution in [0.15, 0.2) is 0 Å². The molecule has 0 aliphatic rings. The van der Waals surface area contributed by atoms with E-state index in [9.17, 15) is 0 Å². The number of nitrogens with one attached hydrogen (secondary N) is 1. The van der Waals surface area contributed by atoms with Gasteiger partial charge in [0.05, 0.1) is 6.61 Å². The molecule has 0 aliphatic heterocycles. The van der Waals surface area contributed by atoms with Crippen LogP contribution in [0, 0.1) is 0 Å². The molecule has 6 heteroatoms. The summed E-state index contributed by atoms with van der Waals surface area (Å²) in [4.78, 5) is 0. The van der Waals surface area contributed by atoms with E-state index in [1.807, 2.05) is 0 Å². The number of hydrogen-bond acceptors (Lipinski definition) is 6. The van der Waals surface area contributed by atoms with Gasteiger partial charge >= 0.3 is 0 Å². The number of hydrogen-bond donors (Lipinski definition) is 3. The predicted molar refractivity (Wildman–Crippen MR) is 61.9 cm³/mol. The highest BCUT2D eigenvalue weighted by atomic mass is 32.1. The molecule has 0 fully saturated rings. The molecule has 1 heterocycles. The summed E-state index contributed by atoms with van der Waals surface area (Å²) in [7, 11) is 0. The molecule has 0 unspecified atom stereocenters. The Morgan fingerprint density at radius 3 is 2.67 bits per heavy atom. The van der Waals surface area contributed by atoms with Gasteiger partial charge in [-0.05, 0) is 13.0 Å². The summed E-state index contributed by atoms with van der Waals surface area (Å²) in [6.45, 7) is 5.90. The lowest BCUT2D eigenvalue weighted by atomic mass is 9.90. The van der Waals surface area contributed by atoms with Crippen molar-refractivity contribution in [3.63, 3.8) is 0 Å². The Morgan fingerprint density at radius 1 is 1.40 bits per heavy atom. The maximum absolute atomic E-state index is 8.62. The quantitative estimate of drug-likeness (QED) is 0.615. The third-order valence-corrected chi connectivity index (χ3v) is 3.35. The molecule has 0 amide bonds. The van der Waals surface area contributed by atoms with Crippen LogP contribution in [-0.4, -0.2) is 35.0 Å². The van der Waals surface area contributed by atoms with Crippen LogP contribution < -0.4 is 11.1 Å². The van der Waals surface area contributed by atoms with E-state index in [0.29, 0.717) is 11.7 Å². The van der Waals surface area contributed by atoms with E-state index in [4.69, 9.17) is 10.8 Å². The smallest absolute Gasteiger partial charge is 0.203 e. The van der Waals surface area contributed by atoms with E-state index in [2.05, 4.69) is 29.4 Å². The third-order valence-electron chi connectivity index (χ3n) is 2.23. The van der Waals surface area contributed by atoms with Crippen molar-refractivity contribution in [2.24, 2.45) is 0 Å². The highest BCUT2D eigenvalue weighted by molar-refractivity contribution is 7.15. The fourth-order valence-electron chi connectivity index (χ4n) is 1.22. The summed E-state index contributed by atoms with van der Waals surface area (Å²) in [5.41, 5.74) is 5.53. The van der Waals surface area contributed by atoms with E-state index < -0.39 is 0 Å². The van der Waals surface area contributed by atoms with Gasteiger partial charge in [0.25, 0.3) is 0 Å². The molecule has 4 N–H and O–H groups in total. The average Bonchev–Trinajstić information content (AvgIpc) is 2.60. The summed E-state index contributed by atoms with van der Waals surface area (Å²) >= 11 is 1.44. The van der Waals surface area contributed by atoms with Crippen LogP contribution in [-0.2, 0) is 5.41 Å². The van der Waals surface area contributed by atoms with E-state index in [0.717, 1.165) is 18.0 Å². The lowest BCUT2D eigenvalue weighted by Gasteiger charge is -2.21. The molecule has 0 atom stereocenters. The molecule has 0 spiro atoms. The molecule has 0 saturated carbocycles. The van der Waals surface area contributed by atoms with Gasteiger partial charge in [0, 0.05) is 12.0 Å². The minimum Gasteiger partial charge on any atom is -0.395 e. The highest BCUT2D eigenvalue weighted by Crippen LogP contribution is 2.29. The highest BCUT2D eigenvalue weighted by Gasteiger charge is 2.24. The maximum atomic E-state index is 8.62. The van der Waals surface area contributed by atoms with Crippen molar-refractivity contribution < 1.29 is 5.11 Å². The van der Waals surface area contributed by atoms with E-state index in [1.165, 1.54) is 11.3 Å². The number of nitrogen functional groups attached to an aromatic ring is 1. The first-order chi connectivity index (χ1) is 7.06. The summed E-state index contributed by atoms with van der Waals surface area (Å²) in [6.07, 6.45) is 0.946. The van der Waals surface area contributed by atoms with Gasteiger partial charge in [-0.3, -0.25) is 0 Å². The van der Waals surface area contributed by atoms with Crippen LogP contribution in [0.25, 0.3) is 0 Å². The number of nitrogens with zero attached hydrogens (tertiary/aromatic N) is 2. The number of aliphatic hydroxyl groups excluding tert-OH is 1. The molecular formula is C9H18N4OS. The zero-order valence-corrected chi connectivity index (χ0v) is 9.97. The Balaban J connectivity index is 2.44. The Labute approximate surface area is 93.7 Å². The van der Waals surface area contributed by atoms with Crippen molar-refractivity contribution in [2.45, 2.75) is 25.7 Å². The van der Waals surface area contributed by atoms with Crippen molar-refractivity contribution >= 4 is 16.5 Å². The van der Waals surface area contributed by atoms with Crippen molar-refractivity contribution in [3.8, 4) is 0 Å². The normalized spacial score (nSPS) is 11.9. The number of nitrogens with two attached hydrogens (primary N) is 1. The van der Waals surface area contributed by atoms with Crippen LogP contribution in [0.2, 0.25) is 0 Å². The molecule has 1 aromatic rings. The Hall–Kier alpha value is -0.720. The number of rotatable bonds is 6. The first kappa shape index (κ1) is 12.4. The summed E-state index contributed by atoms with van der Waals surface area (Å²) in [5.74, 6) is 0. The van der Waals surface area contributed by atoms with Crippen molar-refractivity contribution in [1.29, 1.82) is 0 Å². The van der Waals surface area contributed by atoms with Crippen LogP contribution in [0.3, 0.4) is 0 Å². The summed E-state index contributed by atoms with van der Waals surface area (Å²) in [6, 6.07) is 0. The lowest BCUT2D eigenvalue weighted by molar-refractivity contribution is 0.289. The maximum Gasteiger partial charge on any atom is 0.203 e. The fourth-order valence-corrected chi connectivity index (χ4v) is 1.96. The average molecular weight is 230 g/mol. The van der Waals surface area contributed by atoms with Crippen LogP contribution in [0.4, 0.5) is 5.13 Å². The lowest BCUT2D eigenvalue weighted by Crippen LogP contribution is -2.27. The second-order valence-electron chi connectivity index (χ2n) is 4.05. The molecule has 0 radical (unpaired) electrons. The Bertz CT molecular complexity index is 300. The first-order valence-corrected chi connectivity index (χ1v) is 5.79. The SMILES string of the molecule is CC(C)(CCNCCO)c1nnc(N)s1. The molecule has 5 nitrogen and oxygen atoms in total. The molecule has 0 bridgehead atoms. The van der Waals surface area contributed by atoms with Crippen LogP contribution in [0.5, 0.6) is 0 Å². The zero-order chi connectivity index (χ0) is 11.3. The minimum atomic E-state index is -0.0161. The molecule has 0 aliphatic carbocycles. The monoisotopic (exact) mass is 230 g/mol. The number of aromatic nitrogens is 2. The van der Waals surface area contributed by atoms with E-state index in [1.54, 1.807) is 0 Å². The van der Waals surface area contributed by atoms with Gasteiger partial charge in [0.1, 0.15) is 5.01 Å². The molecule has 15 heavy (non-hydrogen) atoms. The van der Waals surface area contributed by atoms with Gasteiger partial charge in [0.2, 0.25) is 5.13 Å². The zero-order valence-electron chi connectivity index (χ0n) is 9.16. The second-order valence-corrected chi connectivity index (χ2v) is 5.06. The van der Waals surface area contributed by atoms with Gasteiger partial charge in [-0.1, -0.05) is 25.2 Å². The molecule has 86 valence electrons. The van der Waals surface area contributed by atoms with Gasteiger partial charge in [-0.25, -0.2) is 0 Å². The van der Waals surface area contributed by atoms with Crippen molar-refractivity contribution in [2.75, 3.05) is 25.4 Å². The first-order valence-electron chi connectivity index (χ1n) is 4.97. The summed E-state index contributed by atoms with van der Waals surface area (Å²) < 4.78 is 0. The standard InChI is InChI=1S/C9H18N4OS/c1-9(2,3-4-11-5-6-14)7-12-13-8(10)15-7/h11,14H,3-6H2,1-2H3,(H2,10,13). The fraction of sp³-hybridized carbons (Fsp3) is 0.778. The second kappa shape index (κ2) is 5.39. The molecule has 0 aromatic carbocycles. The van der Waals surface area contributed by atoms with Crippen molar-refractivity contribution in [1.82, 2.24) is 15.5 Å². The van der Waals surface area contributed by atoms with Gasteiger partial charge in [0.15, 0.2) is 0 Å². The van der Waals surface area contributed by atoms with Crippen molar-refractivity contribution in [3.05, 3.63) is 5.01 Å². The Kier molecular flexibility index (Phi) is 4.44. The van der Waals surface area contributed by atoms with Gasteiger partial charge < -0.3 is 16.2 Å². The topological polar surface area (TPSA) is 84.1 Å². The predicted octanol–water partition coefficient (Wildman–Crippen LogP) is 0.370. The van der Waals surface area contributed by atoms with E-state index in [-0.39, 0.29) is 12.0 Å². The van der Waals surface area contributed by atoms with Crippen LogP contribution in [0.1, 0.15) is 25.3 Å². The van der Waals surface area contributed by atoms with E-state index >= 15 is 0 Å².